The molecule has 1 aliphatic rings. The van der Waals surface area contributed by atoms with Gasteiger partial charge in [0.15, 0.2) is 0 Å². The Labute approximate surface area is 111 Å². The second-order valence-electron chi connectivity index (χ2n) is 5.33. The van der Waals surface area contributed by atoms with E-state index in [1.807, 2.05) is 26.0 Å². The maximum Gasteiger partial charge on any atom is 0.391 e. The van der Waals surface area contributed by atoms with Crippen LogP contribution in [-0.2, 0) is 0 Å². The summed E-state index contributed by atoms with van der Waals surface area (Å²) in [5.41, 5.74) is 2.60. The summed E-state index contributed by atoms with van der Waals surface area (Å²) in [5.74, 6) is -1.17. The van der Waals surface area contributed by atoms with Gasteiger partial charge in [-0.25, -0.2) is 0 Å². The summed E-state index contributed by atoms with van der Waals surface area (Å²) in [5, 5.41) is 3.22. The number of halogens is 3. The van der Waals surface area contributed by atoms with Gasteiger partial charge in [0.2, 0.25) is 0 Å². The first-order valence-corrected chi connectivity index (χ1v) is 6.64. The normalized spacial score (nSPS) is 24.3. The third kappa shape index (κ3) is 3.61. The maximum atomic E-state index is 12.7. The molecule has 1 N–H and O–H groups in total. The predicted molar refractivity (Wildman–Crippen MR) is 69.1 cm³/mol. The Hall–Kier alpha value is -1.26. The van der Waals surface area contributed by atoms with E-state index < -0.39 is 12.1 Å². The lowest BCUT2D eigenvalue weighted by Gasteiger charge is -2.31. The summed E-state index contributed by atoms with van der Waals surface area (Å²) < 4.78 is 38.2. The highest BCUT2D eigenvalue weighted by Gasteiger charge is 2.42. The summed E-state index contributed by atoms with van der Waals surface area (Å²) in [6.07, 6.45) is -2.23. The monoisotopic (exact) mass is 272 g/mol. The van der Waals surface area contributed by atoms with Crippen LogP contribution in [0.5, 0.6) is 0 Å². The fourth-order valence-electron chi connectivity index (χ4n) is 2.68. The zero-order valence-corrected chi connectivity index (χ0v) is 11.2. The molecule has 5 heteroatoms. The van der Waals surface area contributed by atoms with E-state index in [0.29, 0.717) is 6.42 Å². The van der Waals surface area contributed by atoms with Gasteiger partial charge in [-0.15, -0.1) is 0 Å². The highest BCUT2D eigenvalue weighted by atomic mass is 19.4. The van der Waals surface area contributed by atoms with E-state index in [4.69, 9.17) is 0 Å². The van der Waals surface area contributed by atoms with Crippen molar-refractivity contribution in [1.29, 1.82) is 0 Å². The SMILES string of the molecule is Cc1ccc(NC2CCCC(C(F)(F)F)C2)c(C)n1. The van der Waals surface area contributed by atoms with E-state index in [0.717, 1.165) is 23.5 Å². The number of nitrogens with zero attached hydrogens (tertiary/aromatic N) is 1. The molecule has 2 unspecified atom stereocenters. The van der Waals surface area contributed by atoms with Crippen LogP contribution < -0.4 is 5.32 Å². The van der Waals surface area contributed by atoms with Gasteiger partial charge >= 0.3 is 6.18 Å². The van der Waals surface area contributed by atoms with Gasteiger partial charge in [-0.05, 0) is 45.2 Å². The standard InChI is InChI=1S/C14H19F3N2/c1-9-6-7-13(10(2)18-9)19-12-5-3-4-11(8-12)14(15,16)17/h6-7,11-12,19H,3-5,8H2,1-2H3. The Morgan fingerprint density at radius 1 is 1.21 bits per heavy atom. The van der Waals surface area contributed by atoms with Crippen molar-refractivity contribution in [3.63, 3.8) is 0 Å². The molecular weight excluding hydrogens is 253 g/mol. The second kappa shape index (κ2) is 5.39. The quantitative estimate of drug-likeness (QED) is 0.871. The molecule has 2 atom stereocenters. The van der Waals surface area contributed by atoms with Crippen LogP contribution in [0.3, 0.4) is 0 Å². The number of alkyl halides is 3. The number of aryl methyl sites for hydroxylation is 2. The van der Waals surface area contributed by atoms with Gasteiger partial charge in [-0.2, -0.15) is 13.2 Å². The Morgan fingerprint density at radius 2 is 1.95 bits per heavy atom. The van der Waals surface area contributed by atoms with E-state index in [9.17, 15) is 13.2 Å². The molecular formula is C14H19F3N2. The summed E-state index contributed by atoms with van der Waals surface area (Å²) >= 11 is 0. The number of nitrogens with one attached hydrogen (secondary N) is 1. The molecule has 0 aromatic carbocycles. The zero-order chi connectivity index (χ0) is 14.0. The molecule has 0 bridgehead atoms. The fraction of sp³-hybridized carbons (Fsp3) is 0.643. The molecule has 1 heterocycles. The van der Waals surface area contributed by atoms with Gasteiger partial charge in [0.1, 0.15) is 0 Å². The van der Waals surface area contributed by atoms with E-state index in [-0.39, 0.29) is 18.9 Å². The smallest absolute Gasteiger partial charge is 0.381 e. The average molecular weight is 272 g/mol. The lowest BCUT2D eigenvalue weighted by Crippen LogP contribution is -2.34. The van der Waals surface area contributed by atoms with E-state index in [2.05, 4.69) is 10.3 Å². The minimum atomic E-state index is -4.07. The minimum Gasteiger partial charge on any atom is -0.381 e. The first-order valence-electron chi connectivity index (χ1n) is 6.64. The molecule has 0 saturated heterocycles. The van der Waals surface area contributed by atoms with Crippen molar-refractivity contribution in [3.05, 3.63) is 23.5 Å². The minimum absolute atomic E-state index is 0.108. The molecule has 0 spiro atoms. The van der Waals surface area contributed by atoms with E-state index >= 15 is 0 Å². The second-order valence-corrected chi connectivity index (χ2v) is 5.33. The molecule has 1 aromatic heterocycles. The Kier molecular flexibility index (Phi) is 4.02. The molecule has 106 valence electrons. The summed E-state index contributed by atoms with van der Waals surface area (Å²) in [6.45, 7) is 3.77. The molecule has 0 radical (unpaired) electrons. The van der Waals surface area contributed by atoms with Crippen molar-refractivity contribution < 1.29 is 13.2 Å². The van der Waals surface area contributed by atoms with Crippen LogP contribution >= 0.6 is 0 Å². The first-order chi connectivity index (χ1) is 8.86. The van der Waals surface area contributed by atoms with Crippen molar-refractivity contribution in [2.75, 3.05) is 5.32 Å². The molecule has 2 rings (SSSR count). The lowest BCUT2D eigenvalue weighted by molar-refractivity contribution is -0.182. The molecule has 1 saturated carbocycles. The molecule has 0 aliphatic heterocycles. The maximum absolute atomic E-state index is 12.7. The summed E-state index contributed by atoms with van der Waals surface area (Å²) in [4.78, 5) is 4.32. The third-order valence-electron chi connectivity index (χ3n) is 3.72. The fourth-order valence-corrected chi connectivity index (χ4v) is 2.68. The van der Waals surface area contributed by atoms with Crippen LogP contribution in [0.1, 0.15) is 37.1 Å². The number of rotatable bonds is 2. The Bertz CT molecular complexity index is 443. The molecule has 1 aliphatic carbocycles. The van der Waals surface area contributed by atoms with Crippen molar-refractivity contribution in [2.24, 2.45) is 5.92 Å². The molecule has 0 amide bonds. The van der Waals surface area contributed by atoms with Gasteiger partial charge in [-0.1, -0.05) is 6.42 Å². The van der Waals surface area contributed by atoms with Crippen molar-refractivity contribution in [2.45, 2.75) is 51.7 Å². The van der Waals surface area contributed by atoms with Crippen LogP contribution in [0.4, 0.5) is 18.9 Å². The van der Waals surface area contributed by atoms with Gasteiger partial charge in [0.25, 0.3) is 0 Å². The highest BCUT2D eigenvalue weighted by Crippen LogP contribution is 2.38. The topological polar surface area (TPSA) is 24.9 Å². The van der Waals surface area contributed by atoms with Crippen molar-refractivity contribution >= 4 is 5.69 Å². The molecule has 1 fully saturated rings. The number of hydrogen-bond donors (Lipinski definition) is 1. The molecule has 19 heavy (non-hydrogen) atoms. The number of anilines is 1. The van der Waals surface area contributed by atoms with Crippen LogP contribution in [-0.4, -0.2) is 17.2 Å². The first kappa shape index (κ1) is 14.2. The molecule has 2 nitrogen and oxygen atoms in total. The Balaban J connectivity index is 2.03. The number of aromatic nitrogens is 1. The van der Waals surface area contributed by atoms with Gasteiger partial charge in [0, 0.05) is 11.7 Å². The Morgan fingerprint density at radius 3 is 2.58 bits per heavy atom. The largest absolute Gasteiger partial charge is 0.391 e. The van der Waals surface area contributed by atoms with Crippen LogP contribution in [0, 0.1) is 19.8 Å². The molecule has 1 aromatic rings. The number of hydrogen-bond acceptors (Lipinski definition) is 2. The van der Waals surface area contributed by atoms with Gasteiger partial charge in [-0.3, -0.25) is 4.98 Å². The van der Waals surface area contributed by atoms with Crippen molar-refractivity contribution in [3.8, 4) is 0 Å². The van der Waals surface area contributed by atoms with Crippen LogP contribution in [0.25, 0.3) is 0 Å². The third-order valence-corrected chi connectivity index (χ3v) is 3.72. The highest BCUT2D eigenvalue weighted by molar-refractivity contribution is 5.48. The zero-order valence-electron chi connectivity index (χ0n) is 11.2. The summed E-state index contributed by atoms with van der Waals surface area (Å²) in [7, 11) is 0. The predicted octanol–water partition coefficient (Wildman–Crippen LogP) is 4.23. The average Bonchev–Trinajstić information content (AvgIpc) is 2.32. The number of pyridine rings is 1. The van der Waals surface area contributed by atoms with Gasteiger partial charge in [0.05, 0.1) is 17.3 Å². The summed E-state index contributed by atoms with van der Waals surface area (Å²) in [6, 6.07) is 3.66. The lowest BCUT2D eigenvalue weighted by atomic mass is 9.85. The van der Waals surface area contributed by atoms with Crippen molar-refractivity contribution in [1.82, 2.24) is 4.98 Å². The van der Waals surface area contributed by atoms with E-state index in [1.165, 1.54) is 0 Å². The van der Waals surface area contributed by atoms with Crippen LogP contribution in [0.2, 0.25) is 0 Å². The van der Waals surface area contributed by atoms with E-state index in [1.54, 1.807) is 0 Å². The van der Waals surface area contributed by atoms with Crippen LogP contribution in [0.15, 0.2) is 12.1 Å². The van der Waals surface area contributed by atoms with Gasteiger partial charge < -0.3 is 5.32 Å².